The highest BCUT2D eigenvalue weighted by atomic mass is 32.1. The fourth-order valence-corrected chi connectivity index (χ4v) is 9.37. The molecule has 1 aliphatic heterocycles. The first-order chi connectivity index (χ1) is 24.7. The summed E-state index contributed by atoms with van der Waals surface area (Å²) in [6, 6.07) is 5.84. The summed E-state index contributed by atoms with van der Waals surface area (Å²) in [6.07, 6.45) is 13.7. The average molecular weight is 715 g/mol. The molecule has 5 atom stereocenters. The molecule has 3 fully saturated rings. The molecule has 3 heterocycles. The molecule has 4 aliphatic rings. The van der Waals surface area contributed by atoms with Gasteiger partial charge in [0.2, 0.25) is 11.8 Å². The molecule has 11 heteroatoms. The molecule has 3 saturated carbocycles. The number of fused-ring (bicyclic) bond motifs is 3. The number of allylic oxidation sites excluding steroid dienone is 1. The van der Waals surface area contributed by atoms with Gasteiger partial charge in [-0.1, -0.05) is 31.4 Å². The summed E-state index contributed by atoms with van der Waals surface area (Å²) in [4.78, 5) is 53.3. The van der Waals surface area contributed by atoms with E-state index in [9.17, 15) is 14.4 Å². The van der Waals surface area contributed by atoms with E-state index in [1.54, 1.807) is 30.3 Å². The van der Waals surface area contributed by atoms with Crippen molar-refractivity contribution in [3.05, 3.63) is 46.3 Å². The van der Waals surface area contributed by atoms with Gasteiger partial charge in [0.25, 0.3) is 0 Å². The Balaban J connectivity index is 1.21. The number of aryl methyl sites for hydroxylation is 1. The number of thiazole rings is 1. The number of pyridine rings is 1. The van der Waals surface area contributed by atoms with Crippen LogP contribution in [0.15, 0.2) is 35.7 Å². The maximum Gasteiger partial charge on any atom is 0.332 e. The Kier molecular flexibility index (Phi) is 10.4. The summed E-state index contributed by atoms with van der Waals surface area (Å²) in [5.41, 5.74) is 2.12. The lowest BCUT2D eigenvalue weighted by Gasteiger charge is -2.26. The fraction of sp³-hybridized carbons (Fsp3) is 0.575. The third-order valence-electron chi connectivity index (χ3n) is 11.4. The standard InChI is InChI=1S/C40H50N4O6S/c1-5-49-39(47)40-22-26(40)15-11-6-7-12-18-44(3)38(46)30-20-27(19-29(30)36(45)43-40)50-34-21-31(41-35-24(2)33(48-4)17-16-28(34)35)32-23-51-37(42-32)25-13-9-8-10-14-25/h11,15-17,21,23,25-27,29-30H,5-10,12-14,18-20,22H2,1-4H3,(H,43,45)/b15-11-/t26-,27+,29+,30+,40?/m0/s1. The van der Waals surface area contributed by atoms with Crippen LogP contribution in [-0.4, -0.2) is 71.6 Å². The maximum absolute atomic E-state index is 14.2. The van der Waals surface area contributed by atoms with Gasteiger partial charge in [0.15, 0.2) is 0 Å². The van der Waals surface area contributed by atoms with E-state index in [4.69, 9.17) is 24.2 Å². The number of nitrogens with one attached hydrogen (secondary N) is 1. The zero-order valence-corrected chi connectivity index (χ0v) is 31.1. The Morgan fingerprint density at radius 2 is 1.84 bits per heavy atom. The molecule has 272 valence electrons. The number of rotatable bonds is 7. The number of aromatic nitrogens is 2. The molecular formula is C40H50N4O6S. The van der Waals surface area contributed by atoms with E-state index >= 15 is 0 Å². The van der Waals surface area contributed by atoms with Crippen molar-refractivity contribution >= 4 is 40.0 Å². The van der Waals surface area contributed by atoms with Crippen LogP contribution in [0.25, 0.3) is 22.3 Å². The number of nitrogens with zero attached hydrogens (tertiary/aromatic N) is 3. The van der Waals surface area contributed by atoms with Gasteiger partial charge in [-0.25, -0.2) is 14.8 Å². The number of carbonyl (C=O) groups is 3. The Morgan fingerprint density at radius 1 is 1.04 bits per heavy atom. The molecule has 3 aromatic rings. The van der Waals surface area contributed by atoms with Crippen molar-refractivity contribution in [3.63, 3.8) is 0 Å². The Labute approximate surface area is 304 Å². The van der Waals surface area contributed by atoms with Crippen molar-refractivity contribution in [2.24, 2.45) is 17.8 Å². The lowest BCUT2D eigenvalue weighted by Crippen LogP contribution is -2.50. The van der Waals surface area contributed by atoms with Crippen molar-refractivity contribution in [2.45, 2.75) is 102 Å². The van der Waals surface area contributed by atoms with Crippen molar-refractivity contribution in [3.8, 4) is 22.9 Å². The molecule has 10 nitrogen and oxygen atoms in total. The van der Waals surface area contributed by atoms with Gasteiger partial charge in [-0.05, 0) is 77.3 Å². The molecule has 2 amide bonds. The smallest absolute Gasteiger partial charge is 0.332 e. The predicted octanol–water partition coefficient (Wildman–Crippen LogP) is 7.13. The highest BCUT2D eigenvalue weighted by Crippen LogP contribution is 2.47. The van der Waals surface area contributed by atoms with Gasteiger partial charge in [-0.15, -0.1) is 11.3 Å². The number of methoxy groups -OCH3 is 1. The van der Waals surface area contributed by atoms with Gasteiger partial charge in [0.05, 0.1) is 47.5 Å². The average Bonchev–Trinajstić information content (AvgIpc) is 3.43. The summed E-state index contributed by atoms with van der Waals surface area (Å²) < 4.78 is 18.0. The Morgan fingerprint density at radius 3 is 2.63 bits per heavy atom. The van der Waals surface area contributed by atoms with Gasteiger partial charge in [0.1, 0.15) is 23.1 Å². The second-order valence-corrected chi connectivity index (χ2v) is 15.7. The van der Waals surface area contributed by atoms with Crippen molar-refractivity contribution < 1.29 is 28.6 Å². The van der Waals surface area contributed by atoms with E-state index < -0.39 is 29.4 Å². The van der Waals surface area contributed by atoms with Crippen LogP contribution in [-0.2, 0) is 19.1 Å². The normalized spacial score (nSPS) is 28.0. The van der Waals surface area contributed by atoms with Gasteiger partial charge in [-0.2, -0.15) is 0 Å². The van der Waals surface area contributed by atoms with E-state index in [2.05, 4.69) is 16.8 Å². The zero-order chi connectivity index (χ0) is 35.7. The molecule has 1 unspecified atom stereocenters. The molecule has 3 aliphatic carbocycles. The van der Waals surface area contributed by atoms with Crippen LogP contribution in [0.2, 0.25) is 0 Å². The van der Waals surface area contributed by atoms with Crippen LogP contribution in [0.4, 0.5) is 0 Å². The van der Waals surface area contributed by atoms with Crippen LogP contribution in [0.3, 0.4) is 0 Å². The van der Waals surface area contributed by atoms with Gasteiger partial charge in [-0.3, -0.25) is 9.59 Å². The molecule has 0 radical (unpaired) electrons. The number of amides is 2. The minimum absolute atomic E-state index is 0.0649. The monoisotopic (exact) mass is 714 g/mol. The first-order valence-electron chi connectivity index (χ1n) is 18.7. The van der Waals surface area contributed by atoms with E-state index in [-0.39, 0.29) is 24.3 Å². The van der Waals surface area contributed by atoms with E-state index in [1.807, 2.05) is 38.2 Å². The number of benzene rings is 1. The number of hydrogen-bond donors (Lipinski definition) is 1. The highest BCUT2D eigenvalue weighted by Gasteiger charge is 2.62. The number of ether oxygens (including phenoxy) is 3. The summed E-state index contributed by atoms with van der Waals surface area (Å²) in [6.45, 7) is 4.61. The molecule has 0 spiro atoms. The number of esters is 1. The Bertz CT molecular complexity index is 1820. The van der Waals surface area contributed by atoms with Crippen LogP contribution in [0.1, 0.15) is 94.0 Å². The van der Waals surface area contributed by atoms with Gasteiger partial charge < -0.3 is 24.4 Å². The summed E-state index contributed by atoms with van der Waals surface area (Å²) in [5.74, 6) is -0.277. The first kappa shape index (κ1) is 35.4. The molecule has 2 aromatic heterocycles. The van der Waals surface area contributed by atoms with E-state index in [0.717, 1.165) is 57.9 Å². The van der Waals surface area contributed by atoms with Crippen LogP contribution < -0.4 is 14.8 Å². The number of carbonyl (C=O) groups excluding carboxylic acids is 3. The summed E-state index contributed by atoms with van der Waals surface area (Å²) in [5, 5.41) is 7.17. The third kappa shape index (κ3) is 7.10. The quantitative estimate of drug-likeness (QED) is 0.203. The summed E-state index contributed by atoms with van der Waals surface area (Å²) in [7, 11) is 3.47. The first-order valence-corrected chi connectivity index (χ1v) is 19.6. The predicted molar refractivity (Wildman–Crippen MR) is 197 cm³/mol. The molecular weight excluding hydrogens is 665 g/mol. The van der Waals surface area contributed by atoms with Crippen LogP contribution >= 0.6 is 11.3 Å². The molecule has 0 bridgehead atoms. The van der Waals surface area contributed by atoms with E-state index in [0.29, 0.717) is 37.5 Å². The van der Waals surface area contributed by atoms with Gasteiger partial charge in [0, 0.05) is 47.8 Å². The second-order valence-electron chi connectivity index (χ2n) is 14.8. The number of hydrogen-bond acceptors (Lipinski definition) is 9. The fourth-order valence-electron chi connectivity index (χ4n) is 8.39. The SMILES string of the molecule is CCOC(=O)C12C[C@@H]1/C=C\CCCCN(C)C(=O)[C@@H]1C[C@H](Oc3cc(-c4csc(C5CCCCC5)n4)nc4c(C)c(OC)ccc34)C[C@H]1C(=O)N2. The molecule has 1 aromatic carbocycles. The van der Waals surface area contributed by atoms with Crippen molar-refractivity contribution in [2.75, 3.05) is 27.3 Å². The second kappa shape index (κ2) is 14.9. The third-order valence-corrected chi connectivity index (χ3v) is 12.4. The topological polar surface area (TPSA) is 120 Å². The minimum atomic E-state index is -1.09. The van der Waals surface area contributed by atoms with Crippen LogP contribution in [0, 0.1) is 24.7 Å². The lowest BCUT2D eigenvalue weighted by molar-refractivity contribution is -0.150. The summed E-state index contributed by atoms with van der Waals surface area (Å²) >= 11 is 1.70. The maximum atomic E-state index is 14.2. The van der Waals surface area contributed by atoms with Crippen molar-refractivity contribution in [1.82, 2.24) is 20.2 Å². The van der Waals surface area contributed by atoms with Gasteiger partial charge >= 0.3 is 5.97 Å². The zero-order valence-electron chi connectivity index (χ0n) is 30.2. The van der Waals surface area contributed by atoms with Crippen molar-refractivity contribution in [1.29, 1.82) is 0 Å². The van der Waals surface area contributed by atoms with E-state index in [1.165, 1.54) is 32.1 Å². The largest absolute Gasteiger partial charge is 0.496 e. The van der Waals surface area contributed by atoms with Crippen LogP contribution in [0.5, 0.6) is 11.5 Å². The lowest BCUT2D eigenvalue weighted by atomic mass is 9.90. The molecule has 1 N–H and O–H groups in total. The molecule has 0 saturated heterocycles. The highest BCUT2D eigenvalue weighted by molar-refractivity contribution is 7.10. The minimum Gasteiger partial charge on any atom is -0.496 e. The molecule has 51 heavy (non-hydrogen) atoms. The Hall–Kier alpha value is -3.99. The molecule has 7 rings (SSSR count).